The van der Waals surface area contributed by atoms with Crippen molar-refractivity contribution >= 4 is 51.1 Å². The van der Waals surface area contributed by atoms with E-state index in [1.165, 1.54) is 4.88 Å². The van der Waals surface area contributed by atoms with E-state index in [1.807, 2.05) is 17.5 Å². The summed E-state index contributed by atoms with van der Waals surface area (Å²) in [6.45, 7) is 1.57. The molecule has 2 N–H and O–H groups in total. The van der Waals surface area contributed by atoms with Gasteiger partial charge in [-0.2, -0.15) is 0 Å². The van der Waals surface area contributed by atoms with Gasteiger partial charge in [-0.15, -0.1) is 41.7 Å². The van der Waals surface area contributed by atoms with Gasteiger partial charge in [-0.05, 0) is 23.8 Å². The molecule has 1 atom stereocenters. The number of terminal acetylenes is 1. The zero-order valence-electron chi connectivity index (χ0n) is 12.1. The Labute approximate surface area is 152 Å². The van der Waals surface area contributed by atoms with Crippen LogP contribution < -0.4 is 10.6 Å². The first-order valence-corrected chi connectivity index (χ1v) is 9.47. The molecule has 0 radical (unpaired) electrons. The molecule has 0 aliphatic carbocycles. The van der Waals surface area contributed by atoms with E-state index >= 15 is 0 Å². The van der Waals surface area contributed by atoms with E-state index in [2.05, 4.69) is 21.5 Å². The molecular formula is C14H20IN3O2S2. The van der Waals surface area contributed by atoms with Crippen molar-refractivity contribution < 1.29 is 8.42 Å². The van der Waals surface area contributed by atoms with E-state index in [9.17, 15) is 8.42 Å². The summed E-state index contributed by atoms with van der Waals surface area (Å²) in [5.41, 5.74) is 0. The lowest BCUT2D eigenvalue weighted by Gasteiger charge is -2.13. The Kier molecular flexibility index (Phi) is 8.20. The molecule has 0 saturated carbocycles. The summed E-state index contributed by atoms with van der Waals surface area (Å²) in [7, 11) is -2.84. The van der Waals surface area contributed by atoms with Crippen molar-refractivity contribution in [1.29, 1.82) is 0 Å². The van der Waals surface area contributed by atoms with Crippen LogP contribution in [0.25, 0.3) is 0 Å². The summed E-state index contributed by atoms with van der Waals surface area (Å²) < 4.78 is 22.9. The number of guanidine groups is 1. The number of hydrogen-bond donors (Lipinski definition) is 2. The summed E-state index contributed by atoms with van der Waals surface area (Å²) in [6.07, 6.45) is 5.96. The van der Waals surface area contributed by atoms with E-state index in [4.69, 9.17) is 6.42 Å². The van der Waals surface area contributed by atoms with Gasteiger partial charge in [0.25, 0.3) is 0 Å². The molecule has 8 heteroatoms. The van der Waals surface area contributed by atoms with Gasteiger partial charge in [0.05, 0.1) is 24.6 Å². The molecule has 1 aromatic rings. The summed E-state index contributed by atoms with van der Waals surface area (Å²) >= 11 is 1.65. The highest BCUT2D eigenvalue weighted by Crippen LogP contribution is 2.17. The summed E-state index contributed by atoms with van der Waals surface area (Å²) in [5, 5.41) is 8.22. The number of aliphatic imine (C=N–C) groups is 1. The molecule has 0 aromatic carbocycles. The molecule has 1 unspecified atom stereocenters. The van der Waals surface area contributed by atoms with Gasteiger partial charge in [0.15, 0.2) is 15.8 Å². The Morgan fingerprint density at radius 2 is 2.32 bits per heavy atom. The molecule has 2 rings (SSSR count). The van der Waals surface area contributed by atoms with Gasteiger partial charge in [0, 0.05) is 11.4 Å². The third-order valence-electron chi connectivity index (χ3n) is 3.22. The largest absolute Gasteiger partial charge is 0.356 e. The van der Waals surface area contributed by atoms with Crippen molar-refractivity contribution in [1.82, 2.24) is 10.6 Å². The lowest BCUT2D eigenvalue weighted by atomic mass is 10.1. The molecule has 5 nitrogen and oxygen atoms in total. The van der Waals surface area contributed by atoms with E-state index in [0.29, 0.717) is 37.8 Å². The fourth-order valence-electron chi connectivity index (χ4n) is 2.14. The zero-order chi connectivity index (χ0) is 15.1. The zero-order valence-corrected chi connectivity index (χ0v) is 16.1. The maximum absolute atomic E-state index is 11.4. The van der Waals surface area contributed by atoms with Gasteiger partial charge in [-0.1, -0.05) is 12.0 Å². The van der Waals surface area contributed by atoms with E-state index in [-0.39, 0.29) is 35.6 Å². The average molecular weight is 453 g/mol. The Hall–Kier alpha value is -0.790. The third kappa shape index (κ3) is 6.54. The number of nitrogens with one attached hydrogen (secondary N) is 2. The van der Waals surface area contributed by atoms with Gasteiger partial charge < -0.3 is 10.6 Å². The molecule has 0 bridgehead atoms. The van der Waals surface area contributed by atoms with Gasteiger partial charge in [0.1, 0.15) is 0 Å². The van der Waals surface area contributed by atoms with Crippen molar-refractivity contribution in [3.05, 3.63) is 22.4 Å². The van der Waals surface area contributed by atoms with Crippen molar-refractivity contribution in [2.45, 2.75) is 13.0 Å². The predicted octanol–water partition coefficient (Wildman–Crippen LogP) is 1.47. The number of halogens is 1. The highest BCUT2D eigenvalue weighted by Gasteiger charge is 2.27. The molecule has 1 saturated heterocycles. The maximum Gasteiger partial charge on any atom is 0.192 e. The summed E-state index contributed by atoms with van der Waals surface area (Å²) in [5.74, 6) is 3.83. The number of nitrogens with zero attached hydrogens (tertiary/aromatic N) is 1. The normalized spacial score (nSPS) is 20.0. The Morgan fingerprint density at radius 3 is 2.91 bits per heavy atom. The number of thiophene rings is 1. The monoisotopic (exact) mass is 453 g/mol. The van der Waals surface area contributed by atoms with Gasteiger partial charge in [-0.25, -0.2) is 13.4 Å². The van der Waals surface area contributed by atoms with E-state index in [0.717, 1.165) is 0 Å². The van der Waals surface area contributed by atoms with Crippen LogP contribution in [-0.2, 0) is 16.4 Å². The van der Waals surface area contributed by atoms with Crippen LogP contribution in [0.4, 0.5) is 0 Å². The minimum atomic E-state index is -2.84. The molecule has 0 amide bonds. The molecule has 1 aliphatic heterocycles. The Balaban J connectivity index is 0.00000242. The second-order valence-electron chi connectivity index (χ2n) is 4.95. The molecule has 22 heavy (non-hydrogen) atoms. The quantitative estimate of drug-likeness (QED) is 0.307. The van der Waals surface area contributed by atoms with Crippen molar-refractivity contribution in [2.24, 2.45) is 10.9 Å². The van der Waals surface area contributed by atoms with Crippen LogP contribution in [0.1, 0.15) is 11.3 Å². The van der Waals surface area contributed by atoms with Gasteiger partial charge in [0.2, 0.25) is 0 Å². The van der Waals surface area contributed by atoms with Crippen molar-refractivity contribution in [3.8, 4) is 12.3 Å². The number of hydrogen-bond acceptors (Lipinski definition) is 4. The first-order valence-electron chi connectivity index (χ1n) is 6.77. The highest BCUT2D eigenvalue weighted by atomic mass is 127. The van der Waals surface area contributed by atoms with Crippen LogP contribution in [0.5, 0.6) is 0 Å². The van der Waals surface area contributed by atoms with Crippen LogP contribution in [0.15, 0.2) is 22.5 Å². The lowest BCUT2D eigenvalue weighted by Crippen LogP contribution is -2.40. The topological polar surface area (TPSA) is 70.6 Å². The molecular weight excluding hydrogens is 433 g/mol. The first kappa shape index (κ1) is 19.3. The lowest BCUT2D eigenvalue weighted by molar-refractivity contribution is 0.568. The predicted molar refractivity (Wildman–Crippen MR) is 102 cm³/mol. The highest BCUT2D eigenvalue weighted by molar-refractivity contribution is 14.0. The number of sulfone groups is 1. The summed E-state index contributed by atoms with van der Waals surface area (Å²) in [6, 6.07) is 4.01. The fourth-order valence-corrected chi connectivity index (χ4v) is 4.63. The second kappa shape index (κ2) is 9.37. The molecule has 2 heterocycles. The van der Waals surface area contributed by atoms with Crippen molar-refractivity contribution in [3.63, 3.8) is 0 Å². The van der Waals surface area contributed by atoms with Crippen LogP contribution in [-0.4, -0.2) is 39.0 Å². The minimum absolute atomic E-state index is 0. The van der Waals surface area contributed by atoms with E-state index in [1.54, 1.807) is 11.3 Å². The SMILES string of the molecule is C#CCNC(=NCc1cccs1)NCC1CCS(=O)(=O)C1.I. The molecule has 1 aromatic heterocycles. The fraction of sp³-hybridized carbons (Fsp3) is 0.500. The minimum Gasteiger partial charge on any atom is -0.356 e. The van der Waals surface area contributed by atoms with Gasteiger partial charge in [-0.3, -0.25) is 0 Å². The average Bonchev–Trinajstić information content (AvgIpc) is 3.07. The van der Waals surface area contributed by atoms with Crippen LogP contribution in [0.3, 0.4) is 0 Å². The molecule has 122 valence electrons. The first-order chi connectivity index (χ1) is 10.1. The Bertz CT molecular complexity index is 621. The van der Waals surface area contributed by atoms with Crippen molar-refractivity contribution in [2.75, 3.05) is 24.6 Å². The molecule has 1 aliphatic rings. The number of rotatable bonds is 5. The third-order valence-corrected chi connectivity index (χ3v) is 5.91. The summed E-state index contributed by atoms with van der Waals surface area (Å²) in [4.78, 5) is 5.63. The Morgan fingerprint density at radius 1 is 1.50 bits per heavy atom. The van der Waals surface area contributed by atoms with Crippen LogP contribution in [0.2, 0.25) is 0 Å². The van der Waals surface area contributed by atoms with Crippen LogP contribution in [0, 0.1) is 18.3 Å². The molecule has 1 fully saturated rings. The van der Waals surface area contributed by atoms with E-state index < -0.39 is 9.84 Å². The second-order valence-corrected chi connectivity index (χ2v) is 8.21. The maximum atomic E-state index is 11.4. The smallest absolute Gasteiger partial charge is 0.192 e. The standard InChI is InChI=1S/C14H19N3O2S2.HI/c1-2-6-15-14(17-10-13-4-3-7-20-13)16-9-12-5-8-21(18,19)11-12;/h1,3-4,7,12H,5-6,8-11H2,(H2,15,16,17);1H. The molecule has 0 spiro atoms. The van der Waals surface area contributed by atoms with Crippen LogP contribution >= 0.6 is 35.3 Å². The van der Waals surface area contributed by atoms with Gasteiger partial charge >= 0.3 is 0 Å².